The molecule has 0 N–H and O–H groups in total. The van der Waals surface area contributed by atoms with Crippen LogP contribution in [0.1, 0.15) is 13.8 Å². The Labute approximate surface area is 70.1 Å². The number of carbonyl (C=O) groups excluding carboxylic acids is 1. The summed E-state index contributed by atoms with van der Waals surface area (Å²) in [5, 5.41) is 0. The maximum absolute atomic E-state index is 11.3. The average Bonchev–Trinajstić information content (AvgIpc) is 1.97. The predicted molar refractivity (Wildman–Crippen MR) is 46.7 cm³/mol. The van der Waals surface area contributed by atoms with Gasteiger partial charge in [0.1, 0.15) is 0 Å². The van der Waals surface area contributed by atoms with Crippen LogP contribution in [-0.2, 0) is 4.79 Å². The number of amides is 1. The molecule has 2 nitrogen and oxygen atoms in total. The molecule has 1 rings (SSSR count). The van der Waals surface area contributed by atoms with Gasteiger partial charge in [-0.1, -0.05) is 12.2 Å². The summed E-state index contributed by atoms with van der Waals surface area (Å²) in [6.07, 6.45) is 0. The Balaban J connectivity index is 2.96. The minimum atomic E-state index is -0.436. The molecule has 0 aromatic heterocycles. The minimum absolute atomic E-state index is 0.0995. The summed E-state index contributed by atoms with van der Waals surface area (Å²) in [7, 11) is 1.74. The van der Waals surface area contributed by atoms with Crippen LogP contribution in [0.5, 0.6) is 0 Å². The van der Waals surface area contributed by atoms with Gasteiger partial charge in [0.2, 0.25) is 5.91 Å². The van der Waals surface area contributed by atoms with Crippen molar-refractivity contribution in [2.45, 2.75) is 13.8 Å². The summed E-state index contributed by atoms with van der Waals surface area (Å²) in [5.41, 5.74) is -0.436. The Bertz CT molecular complexity index is 200. The molecule has 0 aromatic rings. The van der Waals surface area contributed by atoms with Crippen molar-refractivity contribution in [3.05, 3.63) is 0 Å². The van der Waals surface area contributed by atoms with Crippen molar-refractivity contribution >= 4 is 34.3 Å². The normalized spacial score (nSPS) is 24.1. The van der Waals surface area contributed by atoms with Crippen LogP contribution >= 0.6 is 24.2 Å². The molecule has 1 fully saturated rings. The van der Waals surface area contributed by atoms with E-state index in [-0.39, 0.29) is 5.91 Å². The fourth-order valence-corrected chi connectivity index (χ4v) is 2.06. The third kappa shape index (κ3) is 0.953. The van der Waals surface area contributed by atoms with Gasteiger partial charge in [-0.25, -0.2) is 0 Å². The zero-order valence-corrected chi connectivity index (χ0v) is 7.80. The average molecular weight is 175 g/mol. The highest BCUT2D eigenvalue weighted by atomic mass is 32.2. The van der Waals surface area contributed by atoms with Crippen molar-refractivity contribution in [2.75, 3.05) is 7.05 Å². The van der Waals surface area contributed by atoms with Gasteiger partial charge in [-0.3, -0.25) is 9.10 Å². The van der Waals surface area contributed by atoms with E-state index in [9.17, 15) is 4.79 Å². The first-order valence-corrected chi connectivity index (χ1v) is 4.15. The van der Waals surface area contributed by atoms with Crippen LogP contribution in [0.15, 0.2) is 0 Å². The highest BCUT2D eigenvalue weighted by molar-refractivity contribution is 8.22. The maximum atomic E-state index is 11.3. The first-order chi connectivity index (χ1) is 4.46. The molecule has 4 heteroatoms. The first kappa shape index (κ1) is 8.01. The van der Waals surface area contributed by atoms with E-state index in [4.69, 9.17) is 12.2 Å². The van der Waals surface area contributed by atoms with Crippen LogP contribution in [0, 0.1) is 5.41 Å². The van der Waals surface area contributed by atoms with Crippen LogP contribution in [-0.4, -0.2) is 21.5 Å². The lowest BCUT2D eigenvalue weighted by molar-refractivity contribution is -0.129. The van der Waals surface area contributed by atoms with Gasteiger partial charge in [-0.05, 0) is 25.8 Å². The SMILES string of the molecule is CN1SC(=S)C(C)(C)C1=O. The van der Waals surface area contributed by atoms with Gasteiger partial charge in [-0.2, -0.15) is 0 Å². The number of thiocarbonyl (C=S) groups is 1. The Morgan fingerprint density at radius 3 is 2.20 bits per heavy atom. The number of carbonyl (C=O) groups is 1. The summed E-state index contributed by atoms with van der Waals surface area (Å²) in [6, 6.07) is 0. The van der Waals surface area contributed by atoms with Gasteiger partial charge in [0.05, 0.1) is 9.61 Å². The Morgan fingerprint density at radius 2 is 2.10 bits per heavy atom. The molecule has 1 aliphatic heterocycles. The Kier molecular flexibility index (Phi) is 1.76. The van der Waals surface area contributed by atoms with Gasteiger partial charge in [0.15, 0.2) is 0 Å². The molecule has 0 bridgehead atoms. The van der Waals surface area contributed by atoms with Gasteiger partial charge >= 0.3 is 0 Å². The van der Waals surface area contributed by atoms with E-state index in [0.717, 1.165) is 4.20 Å². The molecule has 1 amide bonds. The van der Waals surface area contributed by atoms with Crippen LogP contribution in [0.4, 0.5) is 0 Å². The molecule has 0 saturated carbocycles. The smallest absolute Gasteiger partial charge is 0.243 e. The van der Waals surface area contributed by atoms with Crippen molar-refractivity contribution in [3.63, 3.8) is 0 Å². The Morgan fingerprint density at radius 1 is 1.60 bits per heavy atom. The molecule has 10 heavy (non-hydrogen) atoms. The van der Waals surface area contributed by atoms with Crippen molar-refractivity contribution in [1.29, 1.82) is 0 Å². The summed E-state index contributed by atoms with van der Waals surface area (Å²) >= 11 is 6.36. The molecule has 0 spiro atoms. The second-order valence-corrected chi connectivity index (χ2v) is 4.61. The van der Waals surface area contributed by atoms with E-state index in [0.29, 0.717) is 0 Å². The summed E-state index contributed by atoms with van der Waals surface area (Å²) < 4.78 is 2.35. The van der Waals surface area contributed by atoms with Gasteiger partial charge in [-0.15, -0.1) is 0 Å². The number of rotatable bonds is 0. The molecule has 1 saturated heterocycles. The quantitative estimate of drug-likeness (QED) is 0.410. The predicted octanol–water partition coefficient (Wildman–Crippen LogP) is 1.46. The fourth-order valence-electron chi connectivity index (χ4n) is 0.761. The monoisotopic (exact) mass is 175 g/mol. The van der Waals surface area contributed by atoms with Crippen molar-refractivity contribution in [3.8, 4) is 0 Å². The number of hydrogen-bond donors (Lipinski definition) is 0. The van der Waals surface area contributed by atoms with Gasteiger partial charge in [0, 0.05) is 7.05 Å². The van der Waals surface area contributed by atoms with Crippen molar-refractivity contribution in [2.24, 2.45) is 5.41 Å². The molecule has 0 aliphatic carbocycles. The molecule has 1 aliphatic rings. The molecule has 0 aromatic carbocycles. The zero-order chi connectivity index (χ0) is 7.94. The molecular weight excluding hydrogens is 166 g/mol. The maximum Gasteiger partial charge on any atom is 0.243 e. The van der Waals surface area contributed by atoms with E-state index >= 15 is 0 Å². The van der Waals surface area contributed by atoms with Crippen LogP contribution in [0.2, 0.25) is 0 Å². The third-order valence-corrected chi connectivity index (χ3v) is 3.40. The molecule has 1 heterocycles. The van der Waals surface area contributed by atoms with E-state index in [1.807, 2.05) is 13.8 Å². The van der Waals surface area contributed by atoms with E-state index in [1.54, 1.807) is 11.4 Å². The molecule has 0 unspecified atom stereocenters. The zero-order valence-electron chi connectivity index (χ0n) is 6.17. The summed E-state index contributed by atoms with van der Waals surface area (Å²) in [5.74, 6) is 0.0995. The summed E-state index contributed by atoms with van der Waals surface area (Å²) in [4.78, 5) is 11.3. The largest absolute Gasteiger partial charge is 0.284 e. The van der Waals surface area contributed by atoms with E-state index in [2.05, 4.69) is 0 Å². The topological polar surface area (TPSA) is 20.3 Å². The minimum Gasteiger partial charge on any atom is -0.284 e. The molecular formula is C6H9NOS2. The van der Waals surface area contributed by atoms with Gasteiger partial charge in [0.25, 0.3) is 0 Å². The number of nitrogens with zero attached hydrogens (tertiary/aromatic N) is 1. The molecule has 0 radical (unpaired) electrons. The van der Waals surface area contributed by atoms with Crippen LogP contribution < -0.4 is 0 Å². The third-order valence-electron chi connectivity index (χ3n) is 1.55. The standard InChI is InChI=1S/C6H9NOS2/c1-6(2)4(8)7(3)10-5(6)9/h1-3H3. The second kappa shape index (κ2) is 2.20. The van der Waals surface area contributed by atoms with Crippen LogP contribution in [0.25, 0.3) is 0 Å². The highest BCUT2D eigenvalue weighted by Gasteiger charge is 2.42. The first-order valence-electron chi connectivity index (χ1n) is 2.97. The van der Waals surface area contributed by atoms with Crippen molar-refractivity contribution in [1.82, 2.24) is 4.31 Å². The lowest BCUT2D eigenvalue weighted by Gasteiger charge is -2.12. The van der Waals surface area contributed by atoms with E-state index in [1.165, 1.54) is 11.9 Å². The lowest BCUT2D eigenvalue weighted by Crippen LogP contribution is -2.28. The molecule has 0 atom stereocenters. The molecule has 56 valence electrons. The highest BCUT2D eigenvalue weighted by Crippen LogP contribution is 2.37. The number of hydrogen-bond acceptors (Lipinski definition) is 3. The van der Waals surface area contributed by atoms with Crippen LogP contribution in [0.3, 0.4) is 0 Å². The summed E-state index contributed by atoms with van der Waals surface area (Å²) in [6.45, 7) is 3.71. The Hall–Kier alpha value is -0.0900. The lowest BCUT2D eigenvalue weighted by atomic mass is 9.95. The van der Waals surface area contributed by atoms with Gasteiger partial charge < -0.3 is 0 Å². The van der Waals surface area contributed by atoms with E-state index < -0.39 is 5.41 Å². The second-order valence-electron chi connectivity index (χ2n) is 2.81. The van der Waals surface area contributed by atoms with Crippen molar-refractivity contribution < 1.29 is 4.79 Å². The fraction of sp³-hybridized carbons (Fsp3) is 0.667.